The van der Waals surface area contributed by atoms with Crippen molar-refractivity contribution < 1.29 is 28.5 Å². The molecule has 1 saturated heterocycles. The Hall–Kier alpha value is -4.04. The number of furan rings is 1. The Morgan fingerprint density at radius 1 is 1.16 bits per heavy atom. The monoisotopic (exact) mass is 542 g/mol. The molecule has 1 fully saturated rings. The minimum Gasteiger partial charge on any atom is -0.496 e. The van der Waals surface area contributed by atoms with E-state index in [0.29, 0.717) is 64.9 Å². The second-order valence-electron chi connectivity index (χ2n) is 8.22. The molecule has 1 aliphatic heterocycles. The van der Waals surface area contributed by atoms with E-state index in [1.807, 2.05) is 23.6 Å². The number of nitrogens with zero attached hydrogens (tertiary/aromatic N) is 6. The van der Waals surface area contributed by atoms with Crippen molar-refractivity contribution in [2.45, 2.75) is 6.61 Å². The van der Waals surface area contributed by atoms with Gasteiger partial charge in [0, 0.05) is 43.7 Å². The molecule has 0 saturated carbocycles. The molecule has 192 valence electrons. The molecule has 37 heavy (non-hydrogen) atoms. The van der Waals surface area contributed by atoms with Crippen molar-refractivity contribution in [2.75, 3.05) is 45.3 Å². The van der Waals surface area contributed by atoms with Crippen molar-refractivity contribution in [3.63, 3.8) is 0 Å². The molecule has 4 aromatic heterocycles. The van der Waals surface area contributed by atoms with Gasteiger partial charge >= 0.3 is 6.09 Å². The fourth-order valence-electron chi connectivity index (χ4n) is 4.12. The van der Waals surface area contributed by atoms with Crippen LogP contribution in [0.15, 0.2) is 34.2 Å². The van der Waals surface area contributed by atoms with Crippen molar-refractivity contribution >= 4 is 49.8 Å². The zero-order valence-electron chi connectivity index (χ0n) is 19.9. The lowest BCUT2D eigenvalue weighted by molar-refractivity contribution is 0.142. The second kappa shape index (κ2) is 9.44. The fourth-order valence-corrected chi connectivity index (χ4v) is 5.68. The fraction of sp³-hybridized carbons (Fsp3) is 0.304. The van der Waals surface area contributed by atoms with Crippen molar-refractivity contribution in [2.24, 2.45) is 0 Å². The topological polar surface area (TPSA) is 128 Å². The predicted octanol–water partition coefficient (Wildman–Crippen LogP) is 4.06. The molecule has 5 aromatic rings. The Bertz CT molecular complexity index is 1580. The Labute approximate surface area is 218 Å². The highest BCUT2D eigenvalue weighted by Gasteiger charge is 2.23. The summed E-state index contributed by atoms with van der Waals surface area (Å²) in [6, 6.07) is 5.52. The number of thiazole rings is 1. The maximum Gasteiger partial charge on any atom is 0.407 e. The lowest BCUT2D eigenvalue weighted by Gasteiger charge is -2.32. The van der Waals surface area contributed by atoms with Crippen molar-refractivity contribution in [1.29, 1.82) is 0 Å². The van der Waals surface area contributed by atoms with Crippen molar-refractivity contribution in [3.05, 3.63) is 35.5 Å². The minimum atomic E-state index is -0.885. The van der Waals surface area contributed by atoms with Gasteiger partial charge in [0.1, 0.15) is 29.4 Å². The van der Waals surface area contributed by atoms with Gasteiger partial charge in [-0.3, -0.25) is 0 Å². The molecule has 0 radical (unpaired) electrons. The summed E-state index contributed by atoms with van der Waals surface area (Å²) >= 11 is 2.86. The average molecular weight is 543 g/mol. The van der Waals surface area contributed by atoms with Gasteiger partial charge in [-0.15, -0.1) is 16.4 Å². The molecule has 1 amide bonds. The van der Waals surface area contributed by atoms with Crippen molar-refractivity contribution in [1.82, 2.24) is 24.5 Å². The van der Waals surface area contributed by atoms with Crippen LogP contribution in [-0.2, 0) is 6.61 Å². The van der Waals surface area contributed by atoms with Gasteiger partial charge < -0.3 is 33.5 Å². The first kappa shape index (κ1) is 23.4. The molecule has 1 aromatic carbocycles. The number of ether oxygens (including phenoxy) is 3. The van der Waals surface area contributed by atoms with Gasteiger partial charge in [-0.1, -0.05) is 0 Å². The number of piperazine rings is 1. The molecular formula is C23H22N6O6S2. The van der Waals surface area contributed by atoms with Crippen LogP contribution in [0.25, 0.3) is 27.4 Å². The van der Waals surface area contributed by atoms with Crippen LogP contribution in [0.5, 0.6) is 16.7 Å². The zero-order chi connectivity index (χ0) is 25.5. The molecule has 6 rings (SSSR count). The summed E-state index contributed by atoms with van der Waals surface area (Å²) in [4.78, 5) is 24.5. The lowest BCUT2D eigenvalue weighted by atomic mass is 10.2. The Morgan fingerprint density at radius 3 is 2.76 bits per heavy atom. The summed E-state index contributed by atoms with van der Waals surface area (Å²) in [5, 5.41) is 17.7. The molecule has 0 unspecified atom stereocenters. The maximum atomic E-state index is 11.2. The standard InChI is InChI=1S/C23H22N6O6S2/c1-32-14-7-17(34-11-13-12-36-21(25-13)27-3-5-28(6-4-27)23(30)31)15-9-19(35-18(15)8-14)16-10-24-20-29(16)26-22(33-2)37-20/h7-10,12H,3-6,11H2,1-2H3,(H,30,31). The van der Waals surface area contributed by atoms with E-state index < -0.39 is 6.09 Å². The van der Waals surface area contributed by atoms with E-state index in [4.69, 9.17) is 28.7 Å². The van der Waals surface area contributed by atoms with Gasteiger partial charge in [0.05, 0.1) is 31.5 Å². The zero-order valence-corrected chi connectivity index (χ0v) is 21.5. The number of hydrogen-bond donors (Lipinski definition) is 1. The highest BCUT2D eigenvalue weighted by molar-refractivity contribution is 7.18. The highest BCUT2D eigenvalue weighted by atomic mass is 32.1. The molecule has 1 aliphatic rings. The van der Waals surface area contributed by atoms with Crippen LogP contribution < -0.4 is 19.1 Å². The molecule has 0 atom stereocenters. The second-order valence-corrected chi connectivity index (χ2v) is 9.98. The number of carbonyl (C=O) groups is 1. The number of fused-ring (bicyclic) bond motifs is 2. The van der Waals surface area contributed by atoms with Gasteiger partial charge in [-0.05, 0) is 17.4 Å². The molecular weight excluding hydrogens is 520 g/mol. The molecule has 14 heteroatoms. The first-order chi connectivity index (χ1) is 18.0. The molecule has 0 spiro atoms. The smallest absolute Gasteiger partial charge is 0.407 e. The summed E-state index contributed by atoms with van der Waals surface area (Å²) in [7, 11) is 3.16. The normalized spacial score (nSPS) is 14.0. The van der Waals surface area contributed by atoms with Crippen LogP contribution in [0.2, 0.25) is 0 Å². The van der Waals surface area contributed by atoms with Gasteiger partial charge in [0.15, 0.2) is 10.9 Å². The number of methoxy groups -OCH3 is 2. The first-order valence-corrected chi connectivity index (χ1v) is 13.0. The minimum absolute atomic E-state index is 0.259. The Balaban J connectivity index is 1.23. The van der Waals surface area contributed by atoms with Crippen LogP contribution in [0.3, 0.4) is 0 Å². The van der Waals surface area contributed by atoms with E-state index in [2.05, 4.69) is 15.0 Å². The first-order valence-electron chi connectivity index (χ1n) is 11.3. The number of rotatable bonds is 7. The number of amides is 1. The molecule has 1 N–H and O–H groups in total. The molecule has 0 bridgehead atoms. The average Bonchev–Trinajstić information content (AvgIpc) is 3.70. The third-order valence-electron chi connectivity index (χ3n) is 6.04. The highest BCUT2D eigenvalue weighted by Crippen LogP contribution is 2.38. The van der Waals surface area contributed by atoms with Crippen LogP contribution in [0.1, 0.15) is 5.69 Å². The van der Waals surface area contributed by atoms with Gasteiger partial charge in [0.2, 0.25) is 4.96 Å². The van der Waals surface area contributed by atoms with E-state index in [0.717, 1.165) is 16.2 Å². The van der Waals surface area contributed by atoms with Crippen LogP contribution in [0.4, 0.5) is 9.93 Å². The SMILES string of the molecule is COc1cc(OCc2csc(N3CCN(C(=O)O)CC3)n2)c2cc(-c3cnc4sc(OC)nn34)oc2c1. The van der Waals surface area contributed by atoms with E-state index in [-0.39, 0.29) is 6.61 Å². The molecule has 0 aliphatic carbocycles. The Morgan fingerprint density at radius 2 is 2.00 bits per heavy atom. The van der Waals surface area contributed by atoms with Crippen LogP contribution in [-0.4, -0.2) is 76.1 Å². The van der Waals surface area contributed by atoms with Gasteiger partial charge in [-0.2, -0.15) is 4.52 Å². The lowest BCUT2D eigenvalue weighted by Crippen LogP contribution is -2.48. The number of aromatic nitrogens is 4. The Kier molecular flexibility index (Phi) is 5.96. The van der Waals surface area contributed by atoms with E-state index >= 15 is 0 Å². The predicted molar refractivity (Wildman–Crippen MR) is 137 cm³/mol. The summed E-state index contributed by atoms with van der Waals surface area (Å²) in [6.45, 7) is 2.40. The van der Waals surface area contributed by atoms with Crippen molar-refractivity contribution in [3.8, 4) is 28.1 Å². The number of imidazole rings is 1. The summed E-state index contributed by atoms with van der Waals surface area (Å²) in [5.41, 5.74) is 2.09. The van der Waals surface area contributed by atoms with E-state index in [1.54, 1.807) is 24.9 Å². The number of benzene rings is 1. The third-order valence-corrected chi connectivity index (χ3v) is 7.87. The van der Waals surface area contributed by atoms with Crippen LogP contribution >= 0.6 is 22.7 Å². The van der Waals surface area contributed by atoms with Gasteiger partial charge in [-0.25, -0.2) is 14.8 Å². The summed E-state index contributed by atoms with van der Waals surface area (Å²) < 4.78 is 24.7. The number of carboxylic acid groups (broad SMARTS) is 1. The van der Waals surface area contributed by atoms with E-state index in [1.165, 1.54) is 27.6 Å². The molecule has 12 nitrogen and oxygen atoms in total. The summed E-state index contributed by atoms with van der Waals surface area (Å²) in [6.07, 6.45) is 0.824. The van der Waals surface area contributed by atoms with Gasteiger partial charge in [0.25, 0.3) is 5.19 Å². The number of hydrogen-bond acceptors (Lipinski definition) is 11. The largest absolute Gasteiger partial charge is 0.496 e. The number of anilines is 1. The quantitative estimate of drug-likeness (QED) is 0.322. The van der Waals surface area contributed by atoms with E-state index in [9.17, 15) is 4.79 Å². The summed E-state index contributed by atoms with van der Waals surface area (Å²) in [5.74, 6) is 1.79. The van der Waals surface area contributed by atoms with Crippen LogP contribution in [0, 0.1) is 0 Å². The third kappa shape index (κ3) is 4.38. The maximum absolute atomic E-state index is 11.2. The molecule has 5 heterocycles.